The van der Waals surface area contributed by atoms with Gasteiger partial charge in [0.05, 0.1) is 0 Å². The van der Waals surface area contributed by atoms with Gasteiger partial charge in [0.2, 0.25) is 0 Å². The molecule has 0 aromatic heterocycles. The highest BCUT2D eigenvalue weighted by molar-refractivity contribution is 5.41. The molecule has 0 saturated heterocycles. The van der Waals surface area contributed by atoms with Crippen LogP contribution < -0.4 is 17.2 Å². The van der Waals surface area contributed by atoms with Gasteiger partial charge < -0.3 is 17.2 Å². The van der Waals surface area contributed by atoms with Crippen LogP contribution in [0, 0.1) is 0 Å². The molecule has 3 nitrogen and oxygen atoms in total. The van der Waals surface area contributed by atoms with E-state index >= 15 is 0 Å². The number of hydrogen-bond donors (Lipinski definition) is 3. The van der Waals surface area contributed by atoms with Crippen molar-refractivity contribution >= 4 is 0 Å². The summed E-state index contributed by atoms with van der Waals surface area (Å²) in [5.41, 5.74) is 22.6. The topological polar surface area (TPSA) is 78.1 Å². The number of nitrogens with two attached hydrogens (primary N) is 3. The fourth-order valence-corrected chi connectivity index (χ4v) is 5.52. The van der Waals surface area contributed by atoms with Gasteiger partial charge in [-0.3, -0.25) is 0 Å². The summed E-state index contributed by atoms with van der Waals surface area (Å²) in [7, 11) is 0. The third-order valence-corrected chi connectivity index (χ3v) is 5.97. The zero-order valence-corrected chi connectivity index (χ0v) is 22.1. The number of benzene rings is 1. The van der Waals surface area contributed by atoms with E-state index in [2.05, 4.69) is 101 Å². The van der Waals surface area contributed by atoms with Gasteiger partial charge in [-0.25, -0.2) is 0 Å². The van der Waals surface area contributed by atoms with Crippen LogP contribution in [0.1, 0.15) is 119 Å². The van der Waals surface area contributed by atoms with Crippen LogP contribution in [-0.4, -0.2) is 16.6 Å². The lowest BCUT2D eigenvalue weighted by Crippen LogP contribution is -2.41. The molecule has 0 saturated carbocycles. The highest BCUT2D eigenvalue weighted by atomic mass is 14.7. The van der Waals surface area contributed by atoms with Crippen LogP contribution >= 0.6 is 0 Å². The van der Waals surface area contributed by atoms with E-state index in [1.165, 1.54) is 16.7 Å². The van der Waals surface area contributed by atoms with Crippen LogP contribution in [0.2, 0.25) is 0 Å². The second kappa shape index (κ2) is 8.22. The summed E-state index contributed by atoms with van der Waals surface area (Å²) in [5.74, 6) is 0. The third-order valence-electron chi connectivity index (χ3n) is 5.97. The Hall–Kier alpha value is -0.900. The minimum Gasteiger partial charge on any atom is -0.326 e. The summed E-state index contributed by atoms with van der Waals surface area (Å²) < 4.78 is 0. The zero-order chi connectivity index (χ0) is 24.0. The van der Waals surface area contributed by atoms with Crippen LogP contribution in [0.3, 0.4) is 0 Å². The summed E-state index contributed by atoms with van der Waals surface area (Å²) in [5, 5.41) is 0. The van der Waals surface area contributed by atoms with Crippen molar-refractivity contribution in [2.75, 3.05) is 0 Å². The monoisotopic (exact) mass is 417 g/mol. The molecule has 1 aromatic carbocycles. The lowest BCUT2D eigenvalue weighted by molar-refractivity contribution is 0.335. The smallest absolute Gasteiger partial charge is 0.0105 e. The van der Waals surface area contributed by atoms with Crippen LogP contribution in [0.4, 0.5) is 0 Å². The maximum absolute atomic E-state index is 6.44. The highest BCUT2D eigenvalue weighted by Crippen LogP contribution is 2.41. The predicted molar refractivity (Wildman–Crippen MR) is 134 cm³/mol. The second-order valence-electron chi connectivity index (χ2n) is 13.9. The fraction of sp³-hybridized carbons (Fsp3) is 0.778. The molecule has 1 aromatic rings. The first-order chi connectivity index (χ1) is 12.9. The molecule has 0 amide bonds. The minimum atomic E-state index is -0.233. The van der Waals surface area contributed by atoms with E-state index in [4.69, 9.17) is 17.2 Å². The molecule has 1 rings (SSSR count). The van der Waals surface area contributed by atoms with Gasteiger partial charge in [-0.05, 0) is 93.7 Å². The third kappa shape index (κ3) is 8.32. The molecule has 0 atom stereocenters. The van der Waals surface area contributed by atoms with Crippen LogP contribution in [0.15, 0.2) is 18.2 Å². The largest absolute Gasteiger partial charge is 0.326 e. The molecule has 3 heteroatoms. The number of rotatable bonds is 9. The van der Waals surface area contributed by atoms with Crippen LogP contribution in [-0.2, 0) is 16.2 Å². The SMILES string of the molecule is CC(C)(N)CC(C)(C)c1cc(C(C)(C)CC(C)(C)N)cc(C(C)(C)CC(C)(C)N)c1. The fourth-order valence-electron chi connectivity index (χ4n) is 5.52. The van der Waals surface area contributed by atoms with Gasteiger partial charge in [0.15, 0.2) is 0 Å². The normalized spacial score (nSPS) is 14.9. The average Bonchev–Trinajstić information content (AvgIpc) is 2.39. The van der Waals surface area contributed by atoms with E-state index in [1.54, 1.807) is 0 Å². The molecule has 30 heavy (non-hydrogen) atoms. The van der Waals surface area contributed by atoms with E-state index in [0.717, 1.165) is 19.3 Å². The zero-order valence-electron chi connectivity index (χ0n) is 22.1. The molecule has 0 fully saturated rings. The molecule has 6 N–H and O–H groups in total. The molecule has 0 aliphatic carbocycles. The Morgan fingerprint density at radius 3 is 0.733 bits per heavy atom. The Bertz CT molecular complexity index is 608. The van der Waals surface area contributed by atoms with Gasteiger partial charge >= 0.3 is 0 Å². The van der Waals surface area contributed by atoms with Crippen molar-refractivity contribution in [1.29, 1.82) is 0 Å². The molecule has 0 aliphatic heterocycles. The summed E-state index contributed by atoms with van der Waals surface area (Å²) in [6.07, 6.45) is 2.73. The van der Waals surface area contributed by atoms with E-state index in [-0.39, 0.29) is 32.9 Å². The molecule has 174 valence electrons. The van der Waals surface area contributed by atoms with Gasteiger partial charge in [0, 0.05) is 16.6 Å². The molecule has 0 heterocycles. The highest BCUT2D eigenvalue weighted by Gasteiger charge is 2.35. The van der Waals surface area contributed by atoms with Gasteiger partial charge in [-0.15, -0.1) is 0 Å². The van der Waals surface area contributed by atoms with Crippen molar-refractivity contribution in [2.45, 2.75) is 135 Å². The van der Waals surface area contributed by atoms with Crippen molar-refractivity contribution in [3.8, 4) is 0 Å². The number of hydrogen-bond acceptors (Lipinski definition) is 3. The van der Waals surface area contributed by atoms with Gasteiger partial charge in [0.1, 0.15) is 0 Å². The second-order valence-corrected chi connectivity index (χ2v) is 13.9. The maximum Gasteiger partial charge on any atom is 0.0105 e. The maximum atomic E-state index is 6.44. The van der Waals surface area contributed by atoms with Crippen molar-refractivity contribution in [1.82, 2.24) is 0 Å². The van der Waals surface area contributed by atoms with E-state index in [0.29, 0.717) is 0 Å². The molecular weight excluding hydrogens is 366 g/mol. The molecule has 0 bridgehead atoms. The lowest BCUT2D eigenvalue weighted by atomic mass is 9.67. The van der Waals surface area contributed by atoms with Gasteiger partial charge in [-0.1, -0.05) is 59.7 Å². The molecular formula is C27H51N3. The van der Waals surface area contributed by atoms with E-state index in [9.17, 15) is 0 Å². The van der Waals surface area contributed by atoms with Crippen molar-refractivity contribution in [2.24, 2.45) is 17.2 Å². The Labute approximate surface area is 187 Å². The minimum absolute atomic E-state index is 0.0361. The summed E-state index contributed by atoms with van der Waals surface area (Å²) in [6, 6.07) is 7.18. The Morgan fingerprint density at radius 2 is 0.600 bits per heavy atom. The summed E-state index contributed by atoms with van der Waals surface area (Å²) >= 11 is 0. The van der Waals surface area contributed by atoms with Crippen molar-refractivity contribution in [3.05, 3.63) is 34.9 Å². The van der Waals surface area contributed by atoms with Crippen LogP contribution in [0.25, 0.3) is 0 Å². The molecule has 0 unspecified atom stereocenters. The quantitative estimate of drug-likeness (QED) is 0.468. The van der Waals surface area contributed by atoms with E-state index < -0.39 is 0 Å². The van der Waals surface area contributed by atoms with Gasteiger partial charge in [-0.2, -0.15) is 0 Å². The molecule has 0 aliphatic rings. The Balaban J connectivity index is 3.68. The average molecular weight is 418 g/mol. The van der Waals surface area contributed by atoms with Crippen molar-refractivity contribution < 1.29 is 0 Å². The van der Waals surface area contributed by atoms with E-state index in [1.807, 2.05) is 0 Å². The predicted octanol–water partition coefficient (Wildman–Crippen LogP) is 5.90. The first-order valence-corrected chi connectivity index (χ1v) is 11.5. The van der Waals surface area contributed by atoms with Crippen LogP contribution in [0.5, 0.6) is 0 Å². The summed E-state index contributed by atoms with van der Waals surface area (Å²) in [4.78, 5) is 0. The van der Waals surface area contributed by atoms with Crippen molar-refractivity contribution in [3.63, 3.8) is 0 Å². The van der Waals surface area contributed by atoms with Gasteiger partial charge in [0.25, 0.3) is 0 Å². The molecule has 0 spiro atoms. The first-order valence-electron chi connectivity index (χ1n) is 11.5. The first kappa shape index (κ1) is 27.1. The Kier molecular flexibility index (Phi) is 7.44. The standard InChI is InChI=1S/C27H51N3/c1-22(2,16-25(7,8)28)19-13-20(23(3,4)17-26(9,10)29)15-21(14-19)24(5,6)18-27(11,12)30/h13-15H,16-18,28-30H2,1-12H3. The molecule has 0 radical (unpaired) electrons. The Morgan fingerprint density at radius 1 is 0.433 bits per heavy atom. The lowest BCUT2D eigenvalue weighted by Gasteiger charge is -2.39. The summed E-state index contributed by atoms with van der Waals surface area (Å²) in [6.45, 7) is 26.5.